The van der Waals surface area contributed by atoms with Gasteiger partial charge in [-0.05, 0) is 149 Å². The first-order valence-corrected chi connectivity index (χ1v) is 37.7. The Morgan fingerprint density at radius 2 is 0.459 bits per heavy atom. The van der Waals surface area contributed by atoms with E-state index in [0.717, 1.165) is 195 Å². The Morgan fingerprint density at radius 3 is 0.745 bits per heavy atom. The maximum atomic E-state index is 11.7. The van der Waals surface area contributed by atoms with Crippen LogP contribution in [0.2, 0.25) is 0 Å². The van der Waals surface area contributed by atoms with Crippen molar-refractivity contribution >= 4 is 23.9 Å². The van der Waals surface area contributed by atoms with Gasteiger partial charge in [-0.2, -0.15) is 0 Å². The number of carbonyl (C=O) groups is 4. The molecule has 0 bridgehead atoms. The molecule has 0 aliphatic heterocycles. The van der Waals surface area contributed by atoms with Gasteiger partial charge in [0.05, 0.1) is 119 Å². The summed E-state index contributed by atoms with van der Waals surface area (Å²) in [5.74, 6) is -0.426. The third-order valence-corrected chi connectivity index (χ3v) is 13.5. The maximum absolute atomic E-state index is 11.7. The third-order valence-electron chi connectivity index (χ3n) is 13.5. The van der Waals surface area contributed by atoms with Gasteiger partial charge in [-0.1, -0.05) is 125 Å². The summed E-state index contributed by atoms with van der Waals surface area (Å²) >= 11 is 0. The second kappa shape index (κ2) is 66.3. The van der Waals surface area contributed by atoms with E-state index in [9.17, 15) is 19.2 Å². The van der Waals surface area contributed by atoms with Crippen LogP contribution in [0, 0.1) is 32.5 Å². The molecule has 0 aromatic carbocycles. The highest BCUT2D eigenvalue weighted by Crippen LogP contribution is 2.21. The van der Waals surface area contributed by atoms with E-state index >= 15 is 0 Å². The number of unbranched alkanes of at least 4 members (excludes halogenated alkanes) is 3. The molecule has 0 aliphatic rings. The lowest BCUT2D eigenvalue weighted by Gasteiger charge is -2.17. The average molecular weight is 1410 g/mol. The van der Waals surface area contributed by atoms with Gasteiger partial charge >= 0.3 is 23.9 Å². The molecule has 0 unspecified atom stereocenters. The Balaban J connectivity index is -0.00000139. The fourth-order valence-electron chi connectivity index (χ4n) is 8.00. The highest BCUT2D eigenvalue weighted by Gasteiger charge is 2.17. The van der Waals surface area contributed by atoms with Crippen molar-refractivity contribution in [3.63, 3.8) is 0 Å². The monoisotopic (exact) mass is 1410 g/mol. The zero-order chi connectivity index (χ0) is 74.0. The molecule has 0 aliphatic carbocycles. The Labute approximate surface area is 599 Å². The number of esters is 4. The average Bonchev–Trinajstić information content (AvgIpc) is 2.06. The first kappa shape index (κ1) is 99.5. The highest BCUT2D eigenvalue weighted by atomic mass is 16.6. The minimum Gasteiger partial charge on any atom is -0.466 e. The van der Waals surface area contributed by atoms with Crippen LogP contribution in [0.15, 0.2) is 0 Å². The van der Waals surface area contributed by atoms with Crippen LogP contribution in [0.1, 0.15) is 227 Å². The van der Waals surface area contributed by atoms with Gasteiger partial charge in [-0.15, -0.1) is 0 Å². The number of hydrogen-bond donors (Lipinski definition) is 6. The molecule has 0 atom stereocenters. The predicted molar refractivity (Wildman–Crippen MR) is 398 cm³/mol. The molecule has 0 amide bonds. The topological polar surface area (TPSA) is 251 Å². The molecule has 0 saturated heterocycles. The van der Waals surface area contributed by atoms with E-state index < -0.39 is 0 Å². The Kier molecular flexibility index (Phi) is 67.3. The quantitative estimate of drug-likeness (QED) is 0.0188. The van der Waals surface area contributed by atoms with E-state index in [1.54, 1.807) is 0 Å². The summed E-state index contributed by atoms with van der Waals surface area (Å²) in [5.41, 5.74) is 1.01. The molecule has 0 aromatic rings. The van der Waals surface area contributed by atoms with Crippen molar-refractivity contribution in [1.29, 1.82) is 0 Å². The lowest BCUT2D eigenvalue weighted by molar-refractivity contribution is -0.147. The second-order valence-corrected chi connectivity index (χ2v) is 32.4. The van der Waals surface area contributed by atoms with Gasteiger partial charge < -0.3 is 88.7 Å². The first-order valence-electron chi connectivity index (χ1n) is 37.7. The molecule has 98 heavy (non-hydrogen) atoms. The summed E-state index contributed by atoms with van der Waals surface area (Å²) in [5, 5.41) is 19.9. The Bertz CT molecular complexity index is 1700. The van der Waals surface area contributed by atoms with Crippen LogP contribution in [0.3, 0.4) is 0 Å². The molecular formula is C76H156N6O16. The van der Waals surface area contributed by atoms with Gasteiger partial charge in [0, 0.05) is 78.2 Å². The largest absolute Gasteiger partial charge is 0.466 e. The zero-order valence-corrected chi connectivity index (χ0v) is 66.5. The Morgan fingerprint density at radius 1 is 0.204 bits per heavy atom. The van der Waals surface area contributed by atoms with E-state index in [-0.39, 0.29) is 51.0 Å². The van der Waals surface area contributed by atoms with Crippen LogP contribution < -0.4 is 31.9 Å². The number of carbonyl (C=O) groups excluding carboxylic acids is 4. The molecule has 22 heteroatoms. The lowest BCUT2D eigenvalue weighted by atomic mass is 9.91. The molecule has 6 N–H and O–H groups in total. The lowest BCUT2D eigenvalue weighted by Crippen LogP contribution is -2.24. The first-order chi connectivity index (χ1) is 46.2. The number of ether oxygens (including phenoxy) is 12. The molecule has 0 spiro atoms. The zero-order valence-electron chi connectivity index (χ0n) is 66.5. The van der Waals surface area contributed by atoms with Gasteiger partial charge in [-0.3, -0.25) is 19.2 Å². The molecule has 586 valence electrons. The van der Waals surface area contributed by atoms with E-state index in [1.165, 1.54) is 0 Å². The standard InChI is InChI=1S/C29H58N2O6.C25H50N2O6.C22H48N2O4/c1-28(2,3)14-11-20-36-26(32)12-7-9-16-30-18-22-34-24-25-35-23-19-31-17-10-8-13-27(33)37-21-15-29(4,5)6;1-24(2,3)20-32-22(28)10-7-8-12-26-14-16-30-18-19-31-17-15-27-13-9-11-23(29)33-21-25(4,5)6;1-21(2,3)19-27-13-7-9-23-11-15-25-17-18-26-16-12-24-10-8-14-28-20-22(4,5)6/h30-31H,7-25H2,1-6H3;26-27H,7-21H2,1-6H3;23-24H,7-20H2,1-6H3. The predicted octanol–water partition coefficient (Wildman–Crippen LogP) is 11.3. The van der Waals surface area contributed by atoms with E-state index in [4.69, 9.17) is 56.8 Å². The maximum Gasteiger partial charge on any atom is 0.305 e. The normalized spacial score (nSPS) is 12.2. The minimum absolute atomic E-state index is 0.00969. The third kappa shape index (κ3) is 97.5. The van der Waals surface area contributed by atoms with Gasteiger partial charge in [0.1, 0.15) is 0 Å². The molecule has 0 rings (SSSR count). The molecular weight excluding hydrogens is 1250 g/mol. The van der Waals surface area contributed by atoms with Gasteiger partial charge in [-0.25, -0.2) is 0 Å². The molecule has 0 saturated carbocycles. The van der Waals surface area contributed by atoms with Crippen molar-refractivity contribution in [3.05, 3.63) is 0 Å². The van der Waals surface area contributed by atoms with Crippen molar-refractivity contribution in [3.8, 4) is 0 Å². The van der Waals surface area contributed by atoms with Crippen molar-refractivity contribution in [2.75, 3.05) is 211 Å². The van der Waals surface area contributed by atoms with Crippen molar-refractivity contribution < 1.29 is 76.0 Å². The molecule has 0 radical (unpaired) electrons. The van der Waals surface area contributed by atoms with Crippen LogP contribution in [-0.2, 0) is 76.0 Å². The van der Waals surface area contributed by atoms with Crippen LogP contribution >= 0.6 is 0 Å². The number of nitrogens with one attached hydrogen (secondary N) is 6. The summed E-state index contributed by atoms with van der Waals surface area (Å²) in [7, 11) is 0. The molecule has 0 heterocycles. The number of hydrogen-bond acceptors (Lipinski definition) is 22. The van der Waals surface area contributed by atoms with E-state index in [2.05, 4.69) is 136 Å². The van der Waals surface area contributed by atoms with Gasteiger partial charge in [0.25, 0.3) is 0 Å². The smallest absolute Gasteiger partial charge is 0.305 e. The number of rotatable bonds is 63. The SMILES string of the molecule is CC(C)(C)CCCOC(=O)CCCCNCCOCCOCCNCCCCC(=O)OCCC(C)(C)C.CC(C)(C)COC(=O)CCCCNCCOCCOCCNCCCC(=O)OCC(C)(C)C.CC(C)(C)COCCCNCCOCCOCCNCCCOCC(C)(C)C. The molecule has 0 fully saturated rings. The van der Waals surface area contributed by atoms with Crippen LogP contribution in [0.4, 0.5) is 0 Å². The van der Waals surface area contributed by atoms with Gasteiger partial charge in [0.2, 0.25) is 0 Å². The van der Waals surface area contributed by atoms with Crippen LogP contribution in [0.5, 0.6) is 0 Å². The second-order valence-electron chi connectivity index (χ2n) is 32.4. The fourth-order valence-corrected chi connectivity index (χ4v) is 8.00. The van der Waals surface area contributed by atoms with Gasteiger partial charge in [0.15, 0.2) is 0 Å². The summed E-state index contributed by atoms with van der Waals surface area (Å²) in [6, 6.07) is 0. The van der Waals surface area contributed by atoms with E-state index in [1.807, 2.05) is 20.8 Å². The van der Waals surface area contributed by atoms with Crippen LogP contribution in [0.25, 0.3) is 0 Å². The van der Waals surface area contributed by atoms with Crippen molar-refractivity contribution in [2.24, 2.45) is 32.5 Å². The summed E-state index contributed by atoms with van der Waals surface area (Å²) in [6.45, 7) is 61.5. The van der Waals surface area contributed by atoms with Crippen molar-refractivity contribution in [1.82, 2.24) is 31.9 Å². The summed E-state index contributed by atoms with van der Waals surface area (Å²) in [6.07, 6.45) is 13.0. The Hall–Kier alpha value is -2.68. The molecule has 22 nitrogen and oxygen atoms in total. The minimum atomic E-state index is -0.133. The fraction of sp³-hybridized carbons (Fsp3) is 0.947. The highest BCUT2D eigenvalue weighted by molar-refractivity contribution is 5.70. The van der Waals surface area contributed by atoms with Crippen molar-refractivity contribution in [2.45, 2.75) is 227 Å². The van der Waals surface area contributed by atoms with E-state index in [0.29, 0.717) is 124 Å². The molecule has 0 aromatic heterocycles. The summed E-state index contributed by atoms with van der Waals surface area (Å²) < 4.78 is 65.6. The van der Waals surface area contributed by atoms with Crippen LogP contribution in [-0.4, -0.2) is 235 Å². The summed E-state index contributed by atoms with van der Waals surface area (Å²) in [4.78, 5) is 46.6.